The molecule has 1 aliphatic rings. The Hall–Kier alpha value is -2.60. The topological polar surface area (TPSA) is 59.5 Å². The molecule has 0 bridgehead atoms. The molecule has 6 heteroatoms. The standard InChI is InChI=1S/C21H28N4O2/c1-16(2)15-27-20-12-17(8-9-19(20)26-3)13-22-18-6-5-11-25(14-18)21-7-4-10-23-24-21/h4,7-10,12,18,22H,1,5-6,11,13-15H2,2-3H3. The van der Waals surface area contributed by atoms with Crippen LogP contribution in [0, 0.1) is 0 Å². The van der Waals surface area contributed by atoms with E-state index < -0.39 is 0 Å². The van der Waals surface area contributed by atoms with Crippen molar-refractivity contribution in [2.75, 3.05) is 31.7 Å². The molecule has 27 heavy (non-hydrogen) atoms. The minimum absolute atomic E-state index is 0.419. The van der Waals surface area contributed by atoms with Gasteiger partial charge in [-0.3, -0.25) is 0 Å². The quantitative estimate of drug-likeness (QED) is 0.722. The lowest BCUT2D eigenvalue weighted by molar-refractivity contribution is 0.319. The third-order valence-corrected chi connectivity index (χ3v) is 4.60. The maximum atomic E-state index is 5.82. The molecule has 1 aromatic carbocycles. The highest BCUT2D eigenvalue weighted by Gasteiger charge is 2.20. The number of nitrogens with zero attached hydrogens (tertiary/aromatic N) is 3. The van der Waals surface area contributed by atoms with Crippen LogP contribution in [-0.4, -0.2) is 43.0 Å². The Morgan fingerprint density at radius 2 is 2.22 bits per heavy atom. The van der Waals surface area contributed by atoms with Crippen molar-refractivity contribution in [1.29, 1.82) is 0 Å². The number of rotatable bonds is 8. The monoisotopic (exact) mass is 368 g/mol. The fourth-order valence-corrected chi connectivity index (χ4v) is 3.22. The van der Waals surface area contributed by atoms with Crippen molar-refractivity contribution in [2.24, 2.45) is 0 Å². The first-order valence-electron chi connectivity index (χ1n) is 9.36. The first kappa shape index (κ1) is 19.2. The van der Waals surface area contributed by atoms with Crippen molar-refractivity contribution >= 4 is 5.82 Å². The van der Waals surface area contributed by atoms with Gasteiger partial charge in [0.15, 0.2) is 17.3 Å². The molecule has 2 aromatic rings. The van der Waals surface area contributed by atoms with Gasteiger partial charge in [0.25, 0.3) is 0 Å². The number of anilines is 1. The zero-order valence-electron chi connectivity index (χ0n) is 16.1. The van der Waals surface area contributed by atoms with Gasteiger partial charge in [-0.15, -0.1) is 5.10 Å². The summed E-state index contributed by atoms with van der Waals surface area (Å²) >= 11 is 0. The van der Waals surface area contributed by atoms with Crippen molar-refractivity contribution in [3.05, 3.63) is 54.2 Å². The van der Waals surface area contributed by atoms with Crippen LogP contribution in [0.25, 0.3) is 0 Å². The normalized spacial score (nSPS) is 16.8. The van der Waals surface area contributed by atoms with Crippen LogP contribution in [0.3, 0.4) is 0 Å². The second-order valence-electron chi connectivity index (χ2n) is 6.98. The fourth-order valence-electron chi connectivity index (χ4n) is 3.22. The van der Waals surface area contributed by atoms with Crippen LogP contribution in [0.2, 0.25) is 0 Å². The number of methoxy groups -OCH3 is 1. The van der Waals surface area contributed by atoms with Crippen LogP contribution in [0.4, 0.5) is 5.82 Å². The first-order valence-corrected chi connectivity index (χ1v) is 9.36. The lowest BCUT2D eigenvalue weighted by Gasteiger charge is -2.33. The van der Waals surface area contributed by atoms with Crippen molar-refractivity contribution in [3.8, 4) is 11.5 Å². The van der Waals surface area contributed by atoms with E-state index in [1.807, 2.05) is 31.2 Å². The predicted molar refractivity (Wildman–Crippen MR) is 107 cm³/mol. The third kappa shape index (κ3) is 5.44. The minimum atomic E-state index is 0.419. The zero-order valence-corrected chi connectivity index (χ0v) is 16.1. The summed E-state index contributed by atoms with van der Waals surface area (Å²) in [6.07, 6.45) is 4.01. The molecular weight excluding hydrogens is 340 g/mol. The van der Waals surface area contributed by atoms with Gasteiger partial charge in [-0.2, -0.15) is 5.10 Å². The van der Waals surface area contributed by atoms with Crippen LogP contribution < -0.4 is 19.7 Å². The molecule has 1 saturated heterocycles. The van der Waals surface area contributed by atoms with Gasteiger partial charge in [0.2, 0.25) is 0 Å². The maximum absolute atomic E-state index is 5.82. The third-order valence-electron chi connectivity index (χ3n) is 4.60. The van der Waals surface area contributed by atoms with E-state index in [4.69, 9.17) is 9.47 Å². The number of ether oxygens (including phenoxy) is 2. The van der Waals surface area contributed by atoms with Crippen LogP contribution in [0.5, 0.6) is 11.5 Å². The second-order valence-corrected chi connectivity index (χ2v) is 6.98. The molecule has 0 radical (unpaired) electrons. The summed E-state index contributed by atoms with van der Waals surface area (Å²) in [5.74, 6) is 2.44. The summed E-state index contributed by atoms with van der Waals surface area (Å²) in [6, 6.07) is 10.4. The molecular formula is C21H28N4O2. The van der Waals surface area contributed by atoms with Crippen LogP contribution in [0.1, 0.15) is 25.3 Å². The van der Waals surface area contributed by atoms with Gasteiger partial charge in [0.05, 0.1) is 7.11 Å². The van der Waals surface area contributed by atoms with Gasteiger partial charge in [0, 0.05) is 31.9 Å². The summed E-state index contributed by atoms with van der Waals surface area (Å²) < 4.78 is 11.2. The molecule has 0 spiro atoms. The molecule has 1 fully saturated rings. The SMILES string of the molecule is C=C(C)COc1cc(CNC2CCCN(c3cccnn3)C2)ccc1OC. The number of benzene rings is 1. The summed E-state index contributed by atoms with van der Waals surface area (Å²) in [5.41, 5.74) is 2.15. The smallest absolute Gasteiger partial charge is 0.161 e. The Morgan fingerprint density at radius 3 is 2.96 bits per heavy atom. The Bertz CT molecular complexity index is 751. The van der Waals surface area contributed by atoms with E-state index in [2.05, 4.69) is 33.1 Å². The molecule has 1 aliphatic heterocycles. The van der Waals surface area contributed by atoms with E-state index >= 15 is 0 Å². The van der Waals surface area contributed by atoms with E-state index in [-0.39, 0.29) is 0 Å². The van der Waals surface area contributed by atoms with E-state index in [1.54, 1.807) is 13.3 Å². The van der Waals surface area contributed by atoms with Gasteiger partial charge < -0.3 is 19.7 Å². The lowest BCUT2D eigenvalue weighted by atomic mass is 10.1. The number of hydrogen-bond donors (Lipinski definition) is 1. The van der Waals surface area contributed by atoms with Crippen LogP contribution in [-0.2, 0) is 6.54 Å². The van der Waals surface area contributed by atoms with E-state index in [9.17, 15) is 0 Å². The fraction of sp³-hybridized carbons (Fsp3) is 0.429. The zero-order chi connectivity index (χ0) is 19.1. The summed E-state index contributed by atoms with van der Waals surface area (Å²) in [7, 11) is 1.66. The van der Waals surface area contributed by atoms with Crippen molar-refractivity contribution in [3.63, 3.8) is 0 Å². The van der Waals surface area contributed by atoms with Gasteiger partial charge >= 0.3 is 0 Å². The molecule has 1 N–H and O–H groups in total. The molecule has 2 heterocycles. The highest BCUT2D eigenvalue weighted by Crippen LogP contribution is 2.28. The highest BCUT2D eigenvalue weighted by atomic mass is 16.5. The highest BCUT2D eigenvalue weighted by molar-refractivity contribution is 5.43. The second kappa shape index (κ2) is 9.37. The Balaban J connectivity index is 1.59. The number of piperidine rings is 1. The Labute approximate surface area is 161 Å². The predicted octanol–water partition coefficient (Wildman–Crippen LogP) is 3.20. The molecule has 3 rings (SSSR count). The lowest BCUT2D eigenvalue weighted by Crippen LogP contribution is -2.45. The number of hydrogen-bond acceptors (Lipinski definition) is 6. The first-order chi connectivity index (χ1) is 13.2. The van der Waals surface area contributed by atoms with Crippen LogP contribution >= 0.6 is 0 Å². The van der Waals surface area contributed by atoms with Crippen LogP contribution in [0.15, 0.2) is 48.7 Å². The van der Waals surface area contributed by atoms with Crippen molar-refractivity contribution < 1.29 is 9.47 Å². The molecule has 0 aliphatic carbocycles. The maximum Gasteiger partial charge on any atom is 0.161 e. The van der Waals surface area contributed by atoms with E-state index in [0.29, 0.717) is 12.6 Å². The summed E-state index contributed by atoms with van der Waals surface area (Å²) in [6.45, 7) is 9.07. The minimum Gasteiger partial charge on any atom is -0.493 e. The number of aromatic nitrogens is 2. The van der Waals surface area contributed by atoms with E-state index in [0.717, 1.165) is 55.4 Å². The van der Waals surface area contributed by atoms with Gasteiger partial charge in [-0.05, 0) is 55.2 Å². The molecule has 144 valence electrons. The van der Waals surface area contributed by atoms with Gasteiger partial charge in [0.1, 0.15) is 6.61 Å². The molecule has 0 saturated carbocycles. The molecule has 6 nitrogen and oxygen atoms in total. The Kier molecular flexibility index (Phi) is 6.65. The van der Waals surface area contributed by atoms with Gasteiger partial charge in [-0.25, -0.2) is 0 Å². The van der Waals surface area contributed by atoms with E-state index in [1.165, 1.54) is 5.56 Å². The summed E-state index contributed by atoms with van der Waals surface area (Å²) in [4.78, 5) is 2.30. The average Bonchev–Trinajstić information content (AvgIpc) is 2.71. The molecule has 1 aromatic heterocycles. The summed E-state index contributed by atoms with van der Waals surface area (Å²) in [5, 5.41) is 11.9. The van der Waals surface area contributed by atoms with Gasteiger partial charge in [-0.1, -0.05) is 12.6 Å². The number of nitrogens with one attached hydrogen (secondary N) is 1. The van der Waals surface area contributed by atoms with Crippen molar-refractivity contribution in [2.45, 2.75) is 32.4 Å². The van der Waals surface area contributed by atoms with Crippen molar-refractivity contribution in [1.82, 2.24) is 15.5 Å². The molecule has 0 amide bonds. The Morgan fingerprint density at radius 1 is 1.33 bits per heavy atom. The average molecular weight is 368 g/mol. The largest absolute Gasteiger partial charge is 0.493 e. The molecule has 1 atom stereocenters. The molecule has 1 unspecified atom stereocenters.